The molecular weight excluding hydrogens is 324 g/mol. The van der Waals surface area contributed by atoms with Gasteiger partial charge in [0.2, 0.25) is 0 Å². The van der Waals surface area contributed by atoms with Gasteiger partial charge in [-0.3, -0.25) is 4.79 Å². The van der Waals surface area contributed by atoms with E-state index >= 15 is 0 Å². The SMILES string of the molecule is C=C/C=C(\C=C)CCN1CCC2(CC1)CN(C)C(=O)C(C)O2.CCCC. The fourth-order valence-electron chi connectivity index (χ4n) is 3.44. The van der Waals surface area contributed by atoms with Crippen LogP contribution in [0.5, 0.6) is 0 Å². The second-order valence-electron chi connectivity index (χ2n) is 7.41. The molecule has 2 aliphatic heterocycles. The van der Waals surface area contributed by atoms with Crippen LogP contribution in [0.1, 0.15) is 52.9 Å². The zero-order valence-corrected chi connectivity index (χ0v) is 17.3. The number of likely N-dealkylation sites (tertiary alicyclic amines) is 1. The number of nitrogens with zero attached hydrogens (tertiary/aromatic N) is 2. The van der Waals surface area contributed by atoms with Crippen LogP contribution >= 0.6 is 0 Å². The zero-order valence-electron chi connectivity index (χ0n) is 17.3. The number of unbranched alkanes of at least 4 members (excludes halogenated alkanes) is 1. The number of morpholine rings is 1. The van der Waals surface area contributed by atoms with Crippen molar-refractivity contribution in [3.8, 4) is 0 Å². The molecule has 1 spiro atoms. The lowest BCUT2D eigenvalue weighted by Gasteiger charge is -2.48. The van der Waals surface area contributed by atoms with E-state index in [0.717, 1.165) is 45.4 Å². The van der Waals surface area contributed by atoms with E-state index in [4.69, 9.17) is 4.74 Å². The lowest BCUT2D eigenvalue weighted by molar-refractivity contribution is -0.186. The monoisotopic (exact) mass is 362 g/mol. The highest BCUT2D eigenvalue weighted by Gasteiger charge is 2.43. The molecule has 1 amide bonds. The normalized spacial score (nSPS) is 23.4. The van der Waals surface area contributed by atoms with Gasteiger partial charge in [0.25, 0.3) is 5.91 Å². The van der Waals surface area contributed by atoms with E-state index in [1.165, 1.54) is 18.4 Å². The van der Waals surface area contributed by atoms with Crippen molar-refractivity contribution in [1.82, 2.24) is 9.80 Å². The van der Waals surface area contributed by atoms with E-state index < -0.39 is 0 Å². The first-order valence-corrected chi connectivity index (χ1v) is 10.0. The Morgan fingerprint density at radius 1 is 1.27 bits per heavy atom. The van der Waals surface area contributed by atoms with Crippen molar-refractivity contribution in [2.45, 2.75) is 64.6 Å². The van der Waals surface area contributed by atoms with Crippen LogP contribution in [0.3, 0.4) is 0 Å². The molecule has 148 valence electrons. The number of likely N-dealkylation sites (N-methyl/N-ethyl adjacent to an activating group) is 1. The summed E-state index contributed by atoms with van der Waals surface area (Å²) in [6.07, 6.45) is 11.0. The summed E-state index contributed by atoms with van der Waals surface area (Å²) < 4.78 is 6.07. The Hall–Kier alpha value is -1.39. The highest BCUT2D eigenvalue weighted by Crippen LogP contribution is 2.32. The summed E-state index contributed by atoms with van der Waals surface area (Å²) in [5.41, 5.74) is 1.08. The van der Waals surface area contributed by atoms with Gasteiger partial charge >= 0.3 is 0 Å². The van der Waals surface area contributed by atoms with E-state index in [1.807, 2.05) is 37.1 Å². The second-order valence-corrected chi connectivity index (χ2v) is 7.41. The number of piperidine rings is 1. The van der Waals surface area contributed by atoms with E-state index in [-0.39, 0.29) is 17.6 Å². The molecule has 1 atom stereocenters. The van der Waals surface area contributed by atoms with Crippen molar-refractivity contribution in [2.24, 2.45) is 0 Å². The van der Waals surface area contributed by atoms with Crippen LogP contribution in [0, 0.1) is 0 Å². The number of hydrogen-bond acceptors (Lipinski definition) is 3. The second kappa shape index (κ2) is 11.3. The molecular formula is C22H38N2O2. The maximum absolute atomic E-state index is 11.9. The van der Waals surface area contributed by atoms with Gasteiger partial charge < -0.3 is 14.5 Å². The van der Waals surface area contributed by atoms with Crippen LogP contribution in [0.2, 0.25) is 0 Å². The number of rotatable bonds is 6. The Kier molecular flexibility index (Phi) is 9.89. The third-order valence-electron chi connectivity index (χ3n) is 5.25. The number of ether oxygens (including phenoxy) is 1. The topological polar surface area (TPSA) is 32.8 Å². The van der Waals surface area contributed by atoms with E-state index in [9.17, 15) is 4.79 Å². The van der Waals surface area contributed by atoms with Gasteiger partial charge in [-0.05, 0) is 31.8 Å². The quantitative estimate of drug-likeness (QED) is 0.664. The average Bonchev–Trinajstić information content (AvgIpc) is 2.65. The summed E-state index contributed by atoms with van der Waals surface area (Å²) in [6, 6.07) is 0. The fraction of sp³-hybridized carbons (Fsp3) is 0.682. The van der Waals surface area contributed by atoms with Gasteiger partial charge in [-0.1, -0.05) is 58.1 Å². The number of carbonyl (C=O) groups excluding carboxylic acids is 1. The van der Waals surface area contributed by atoms with Crippen molar-refractivity contribution in [2.75, 3.05) is 33.2 Å². The molecule has 2 rings (SSSR count). The standard InChI is InChI=1S/C18H28N2O2.C4H10/c1-5-7-16(6-2)8-11-20-12-9-18(10-13-20)14-19(4)17(21)15(3)22-18;1-3-4-2/h5-7,15H,1-2,8-14H2,3-4H3;3-4H2,1-2H3/b16-7+;. The number of allylic oxidation sites excluding steroid dienone is 3. The summed E-state index contributed by atoms with van der Waals surface area (Å²) in [6.45, 7) is 17.6. The minimum absolute atomic E-state index is 0.0956. The Morgan fingerprint density at radius 3 is 2.35 bits per heavy atom. The van der Waals surface area contributed by atoms with Gasteiger partial charge in [-0.25, -0.2) is 0 Å². The highest BCUT2D eigenvalue weighted by atomic mass is 16.5. The van der Waals surface area contributed by atoms with Gasteiger partial charge in [-0.15, -0.1) is 0 Å². The maximum Gasteiger partial charge on any atom is 0.251 e. The summed E-state index contributed by atoms with van der Waals surface area (Å²) in [5, 5.41) is 0. The van der Waals surface area contributed by atoms with Crippen molar-refractivity contribution in [1.29, 1.82) is 0 Å². The van der Waals surface area contributed by atoms with Gasteiger partial charge in [-0.2, -0.15) is 0 Å². The predicted molar refractivity (Wildman–Crippen MR) is 110 cm³/mol. The zero-order chi connectivity index (χ0) is 19.6. The Balaban J connectivity index is 0.000000765. The largest absolute Gasteiger partial charge is 0.360 e. The van der Waals surface area contributed by atoms with E-state index in [1.54, 1.807) is 0 Å². The van der Waals surface area contributed by atoms with Crippen molar-refractivity contribution < 1.29 is 9.53 Å². The van der Waals surface area contributed by atoms with Crippen LogP contribution in [0.25, 0.3) is 0 Å². The molecule has 0 aliphatic carbocycles. The lowest BCUT2D eigenvalue weighted by Crippen LogP contribution is -2.60. The molecule has 0 saturated carbocycles. The maximum atomic E-state index is 11.9. The molecule has 0 aromatic rings. The van der Waals surface area contributed by atoms with Gasteiger partial charge in [0.15, 0.2) is 0 Å². The van der Waals surface area contributed by atoms with Crippen molar-refractivity contribution >= 4 is 5.91 Å². The molecule has 4 heteroatoms. The number of carbonyl (C=O) groups is 1. The molecule has 0 bridgehead atoms. The first kappa shape index (κ1) is 22.7. The molecule has 0 aromatic carbocycles. The van der Waals surface area contributed by atoms with Crippen molar-refractivity contribution in [3.63, 3.8) is 0 Å². The molecule has 0 N–H and O–H groups in total. The summed E-state index contributed by atoms with van der Waals surface area (Å²) in [5.74, 6) is 0.0956. The number of amides is 1. The van der Waals surface area contributed by atoms with Crippen LogP contribution < -0.4 is 0 Å². The van der Waals surface area contributed by atoms with E-state index in [0.29, 0.717) is 0 Å². The first-order valence-electron chi connectivity index (χ1n) is 10.0. The summed E-state index contributed by atoms with van der Waals surface area (Å²) in [4.78, 5) is 16.1. The molecule has 1 unspecified atom stereocenters. The first-order chi connectivity index (χ1) is 12.4. The van der Waals surface area contributed by atoms with Crippen LogP contribution in [0.4, 0.5) is 0 Å². The fourth-order valence-corrected chi connectivity index (χ4v) is 3.44. The highest BCUT2D eigenvalue weighted by molar-refractivity contribution is 5.81. The van der Waals surface area contributed by atoms with E-state index in [2.05, 4.69) is 31.9 Å². The summed E-state index contributed by atoms with van der Waals surface area (Å²) in [7, 11) is 1.88. The van der Waals surface area contributed by atoms with Gasteiger partial charge in [0.1, 0.15) is 6.10 Å². The lowest BCUT2D eigenvalue weighted by atomic mass is 9.88. The molecule has 0 radical (unpaired) electrons. The molecule has 2 fully saturated rings. The average molecular weight is 363 g/mol. The number of hydrogen-bond donors (Lipinski definition) is 0. The minimum Gasteiger partial charge on any atom is -0.360 e. The molecule has 26 heavy (non-hydrogen) atoms. The Morgan fingerprint density at radius 2 is 1.88 bits per heavy atom. The predicted octanol–water partition coefficient (Wildman–Crippen LogP) is 4.19. The smallest absolute Gasteiger partial charge is 0.251 e. The van der Waals surface area contributed by atoms with Crippen LogP contribution in [0.15, 0.2) is 37.0 Å². The van der Waals surface area contributed by atoms with Gasteiger partial charge in [0, 0.05) is 33.2 Å². The molecule has 4 nitrogen and oxygen atoms in total. The van der Waals surface area contributed by atoms with Crippen LogP contribution in [-0.4, -0.2) is 60.6 Å². The Labute approximate surface area is 160 Å². The third kappa shape index (κ3) is 6.73. The molecule has 2 aliphatic rings. The molecule has 2 heterocycles. The van der Waals surface area contributed by atoms with Crippen molar-refractivity contribution in [3.05, 3.63) is 37.0 Å². The Bertz CT molecular complexity index is 472. The minimum atomic E-state index is -0.312. The summed E-state index contributed by atoms with van der Waals surface area (Å²) >= 11 is 0. The molecule has 0 aromatic heterocycles. The molecule has 2 saturated heterocycles. The third-order valence-corrected chi connectivity index (χ3v) is 5.25. The van der Waals surface area contributed by atoms with Gasteiger partial charge in [0.05, 0.1) is 5.60 Å². The van der Waals surface area contributed by atoms with Crippen LogP contribution in [-0.2, 0) is 9.53 Å².